The number of anilines is 1. The third-order valence-corrected chi connectivity index (χ3v) is 7.46. The van der Waals surface area contributed by atoms with Gasteiger partial charge in [-0.05, 0) is 43.2 Å². The quantitative estimate of drug-likeness (QED) is 0.608. The van der Waals surface area contributed by atoms with Crippen LogP contribution in [0, 0.1) is 31.0 Å². The summed E-state index contributed by atoms with van der Waals surface area (Å²) in [6.45, 7) is 3.84. The SMILES string of the molecule is COc1cc(C2=CC3C(S2)C(=O)N(c2cncc(C)c2C)C(=O)N3CCC#N)c(Cl)cc1F. The number of nitrogens with zero attached hydrogens (tertiary/aromatic N) is 4. The first-order valence-electron chi connectivity index (χ1n) is 10.1. The van der Waals surface area contributed by atoms with Gasteiger partial charge in [0.25, 0.3) is 5.91 Å². The molecule has 0 saturated carbocycles. The molecule has 7 nitrogen and oxygen atoms in total. The summed E-state index contributed by atoms with van der Waals surface area (Å²) in [4.78, 5) is 34.5. The molecule has 0 aliphatic carbocycles. The number of hydrogen-bond donors (Lipinski definition) is 0. The average Bonchev–Trinajstić information content (AvgIpc) is 3.22. The first-order chi connectivity index (χ1) is 15.8. The monoisotopic (exact) mass is 486 g/mol. The Hall–Kier alpha value is -3.09. The van der Waals surface area contributed by atoms with Gasteiger partial charge in [-0.25, -0.2) is 14.1 Å². The summed E-state index contributed by atoms with van der Waals surface area (Å²) in [6, 6.07) is 3.62. The molecule has 1 aromatic heterocycles. The van der Waals surface area contributed by atoms with E-state index in [-0.39, 0.29) is 29.6 Å². The second-order valence-electron chi connectivity index (χ2n) is 7.68. The number of nitriles is 1. The summed E-state index contributed by atoms with van der Waals surface area (Å²) in [5.41, 5.74) is 2.55. The zero-order chi connectivity index (χ0) is 23.9. The van der Waals surface area contributed by atoms with Crippen LogP contribution in [0.15, 0.2) is 30.6 Å². The van der Waals surface area contributed by atoms with Gasteiger partial charge in [0.1, 0.15) is 5.25 Å². The Morgan fingerprint density at radius 2 is 2.06 bits per heavy atom. The lowest BCUT2D eigenvalue weighted by Crippen LogP contribution is -2.62. The third-order valence-electron chi connectivity index (χ3n) is 5.80. The molecule has 2 atom stereocenters. The standard InChI is InChI=1S/C23H20ClFN4O3S/c1-12-10-27-11-18(13(12)2)29-22(30)21-17(28(23(29)31)6-4-5-26)9-20(33-21)14-7-19(32-3)16(25)8-15(14)24/h7-11,17,21H,4,6H2,1-3H3. The highest BCUT2D eigenvalue weighted by atomic mass is 35.5. The van der Waals surface area contributed by atoms with Crippen LogP contribution in [0.4, 0.5) is 14.9 Å². The van der Waals surface area contributed by atoms with Gasteiger partial charge in [-0.15, -0.1) is 11.8 Å². The van der Waals surface area contributed by atoms with Gasteiger partial charge >= 0.3 is 6.03 Å². The van der Waals surface area contributed by atoms with E-state index >= 15 is 0 Å². The van der Waals surface area contributed by atoms with Crippen molar-refractivity contribution in [2.75, 3.05) is 18.6 Å². The molecule has 1 aromatic carbocycles. The minimum Gasteiger partial charge on any atom is -0.494 e. The van der Waals surface area contributed by atoms with Crippen molar-refractivity contribution in [2.45, 2.75) is 31.6 Å². The van der Waals surface area contributed by atoms with Crippen molar-refractivity contribution in [1.29, 1.82) is 5.26 Å². The predicted molar refractivity (Wildman–Crippen MR) is 125 cm³/mol. The van der Waals surface area contributed by atoms with Gasteiger partial charge in [0.2, 0.25) is 0 Å². The Bertz CT molecular complexity index is 1230. The molecule has 3 amide bonds. The fourth-order valence-electron chi connectivity index (χ4n) is 3.92. The van der Waals surface area contributed by atoms with Crippen LogP contribution in [0.3, 0.4) is 0 Å². The summed E-state index contributed by atoms with van der Waals surface area (Å²) in [7, 11) is 1.36. The van der Waals surface area contributed by atoms with Crippen LogP contribution in [0.25, 0.3) is 4.91 Å². The van der Waals surface area contributed by atoms with E-state index in [0.29, 0.717) is 16.2 Å². The fourth-order valence-corrected chi connectivity index (χ4v) is 5.59. The number of rotatable bonds is 5. The van der Waals surface area contributed by atoms with E-state index < -0.39 is 23.1 Å². The van der Waals surface area contributed by atoms with Gasteiger partial charge in [-0.1, -0.05) is 11.6 Å². The van der Waals surface area contributed by atoms with E-state index in [9.17, 15) is 14.0 Å². The second-order valence-corrected chi connectivity index (χ2v) is 9.28. The summed E-state index contributed by atoms with van der Waals surface area (Å²) in [6.07, 6.45) is 5.05. The van der Waals surface area contributed by atoms with Crippen LogP contribution in [-0.4, -0.2) is 46.8 Å². The van der Waals surface area contributed by atoms with Crippen LogP contribution in [0.2, 0.25) is 5.02 Å². The van der Waals surface area contributed by atoms with Gasteiger partial charge in [0, 0.05) is 23.2 Å². The van der Waals surface area contributed by atoms with Crippen molar-refractivity contribution < 1.29 is 18.7 Å². The Labute approximate surface area is 199 Å². The van der Waals surface area contributed by atoms with Gasteiger partial charge in [0.15, 0.2) is 11.6 Å². The fraction of sp³-hybridized carbons (Fsp3) is 0.304. The molecule has 170 valence electrons. The van der Waals surface area contributed by atoms with Crippen LogP contribution in [-0.2, 0) is 4.79 Å². The number of hydrogen-bond acceptors (Lipinski definition) is 6. The summed E-state index contributed by atoms with van der Waals surface area (Å²) in [5.74, 6) is -0.949. The van der Waals surface area contributed by atoms with Crippen molar-refractivity contribution in [3.05, 3.63) is 58.1 Å². The molecular formula is C23H20ClFN4O3S. The highest BCUT2D eigenvalue weighted by Crippen LogP contribution is 2.47. The molecule has 0 N–H and O–H groups in total. The van der Waals surface area contributed by atoms with Gasteiger partial charge in [-0.3, -0.25) is 9.78 Å². The molecule has 0 bridgehead atoms. The minimum absolute atomic E-state index is 0.0256. The molecule has 10 heteroatoms. The molecule has 33 heavy (non-hydrogen) atoms. The number of fused-ring (bicyclic) bond motifs is 1. The molecule has 1 fully saturated rings. The van der Waals surface area contributed by atoms with Crippen molar-refractivity contribution in [2.24, 2.45) is 0 Å². The predicted octanol–water partition coefficient (Wildman–Crippen LogP) is 4.71. The lowest BCUT2D eigenvalue weighted by Gasteiger charge is -2.41. The highest BCUT2D eigenvalue weighted by molar-refractivity contribution is 8.09. The molecule has 1 saturated heterocycles. The van der Waals surface area contributed by atoms with Crippen LogP contribution in [0.5, 0.6) is 5.75 Å². The Kier molecular flexibility index (Phi) is 6.32. The lowest BCUT2D eigenvalue weighted by molar-refractivity contribution is -0.119. The van der Waals surface area contributed by atoms with Crippen LogP contribution in [0.1, 0.15) is 23.1 Å². The Morgan fingerprint density at radius 1 is 1.30 bits per heavy atom. The van der Waals surface area contributed by atoms with Crippen molar-refractivity contribution in [3.63, 3.8) is 0 Å². The molecule has 3 heterocycles. The number of aromatic nitrogens is 1. The number of carbonyl (C=O) groups is 2. The van der Waals surface area contributed by atoms with E-state index in [4.69, 9.17) is 21.6 Å². The second kappa shape index (κ2) is 9.04. The minimum atomic E-state index is -0.650. The number of thioether (sulfide) groups is 1. The lowest BCUT2D eigenvalue weighted by atomic mass is 10.0. The third kappa shape index (κ3) is 3.94. The molecule has 2 unspecified atom stereocenters. The molecule has 2 aliphatic heterocycles. The Balaban J connectivity index is 1.78. The molecule has 2 aliphatic rings. The number of carbonyl (C=O) groups excluding carboxylic acids is 2. The van der Waals surface area contributed by atoms with Crippen molar-refractivity contribution in [1.82, 2.24) is 9.88 Å². The van der Waals surface area contributed by atoms with Crippen molar-refractivity contribution >= 4 is 45.9 Å². The number of methoxy groups -OCH3 is 1. The van der Waals surface area contributed by atoms with Gasteiger partial charge < -0.3 is 9.64 Å². The number of pyridine rings is 1. The van der Waals surface area contributed by atoms with E-state index in [0.717, 1.165) is 22.1 Å². The Morgan fingerprint density at radius 3 is 2.76 bits per heavy atom. The maximum atomic E-state index is 14.1. The summed E-state index contributed by atoms with van der Waals surface area (Å²) < 4.78 is 19.1. The summed E-state index contributed by atoms with van der Waals surface area (Å²) in [5, 5.41) is 8.64. The van der Waals surface area contributed by atoms with Crippen molar-refractivity contribution in [3.8, 4) is 11.8 Å². The van der Waals surface area contributed by atoms with Gasteiger partial charge in [-0.2, -0.15) is 5.26 Å². The zero-order valence-corrected chi connectivity index (χ0v) is 19.7. The van der Waals surface area contributed by atoms with Crippen LogP contribution < -0.4 is 9.64 Å². The summed E-state index contributed by atoms with van der Waals surface area (Å²) >= 11 is 7.56. The largest absolute Gasteiger partial charge is 0.494 e. The maximum Gasteiger partial charge on any atom is 0.332 e. The van der Waals surface area contributed by atoms with Gasteiger partial charge in [0.05, 0.1) is 42.5 Å². The molecule has 0 spiro atoms. The normalized spacial score (nSPS) is 19.9. The number of ether oxygens (including phenoxy) is 1. The number of imide groups is 1. The van der Waals surface area contributed by atoms with E-state index in [1.54, 1.807) is 12.3 Å². The molecule has 0 radical (unpaired) electrons. The van der Waals surface area contributed by atoms with E-state index in [2.05, 4.69) is 11.1 Å². The first-order valence-corrected chi connectivity index (χ1v) is 11.4. The topological polar surface area (TPSA) is 86.5 Å². The highest BCUT2D eigenvalue weighted by Gasteiger charge is 2.50. The number of aryl methyl sites for hydroxylation is 1. The zero-order valence-electron chi connectivity index (χ0n) is 18.1. The molecule has 4 rings (SSSR count). The van der Waals surface area contributed by atoms with E-state index in [1.165, 1.54) is 36.0 Å². The molecular weight excluding hydrogens is 467 g/mol. The smallest absolute Gasteiger partial charge is 0.332 e. The first kappa shape index (κ1) is 23.1. The van der Waals surface area contributed by atoms with Crippen LogP contribution >= 0.6 is 23.4 Å². The average molecular weight is 487 g/mol. The number of benzene rings is 1. The molecule has 2 aromatic rings. The number of urea groups is 1. The van der Waals surface area contributed by atoms with E-state index in [1.807, 2.05) is 13.8 Å². The number of amides is 3. The maximum absolute atomic E-state index is 14.1. The number of halogens is 2.